The Morgan fingerprint density at radius 1 is 1.71 bits per heavy atom. The predicted octanol–water partition coefficient (Wildman–Crippen LogP) is -0.151. The monoisotopic (exact) mass is 117 g/mol. The first kappa shape index (κ1) is 5.12. The Morgan fingerprint density at radius 2 is 2.57 bits per heavy atom. The summed E-state index contributed by atoms with van der Waals surface area (Å²) < 4.78 is 0. The molecule has 1 aliphatic heterocycles. The quantitative estimate of drug-likeness (QED) is 0.478. The third-order valence-corrected chi connectivity index (χ3v) is 1.72. The number of thioether (sulfide) groups is 1. The van der Waals surface area contributed by atoms with Crippen LogP contribution in [0.2, 0.25) is 0 Å². The fourth-order valence-electron chi connectivity index (χ4n) is 0.479. The van der Waals surface area contributed by atoms with Crippen LogP contribution in [0.15, 0.2) is 0 Å². The third kappa shape index (κ3) is 1.49. The average molecular weight is 117 g/mol. The number of nitrogens with one attached hydrogen (secondary N) is 1. The minimum Gasteiger partial charge on any atom is -0.301 e. The molecule has 2 nitrogen and oxygen atoms in total. The molecule has 1 heterocycles. The van der Waals surface area contributed by atoms with Crippen LogP contribution in [0.5, 0.6) is 0 Å². The van der Waals surface area contributed by atoms with Gasteiger partial charge in [-0.05, 0) is 0 Å². The molecule has 0 radical (unpaired) electrons. The van der Waals surface area contributed by atoms with Crippen molar-refractivity contribution in [2.75, 3.05) is 18.2 Å². The van der Waals surface area contributed by atoms with Crippen LogP contribution in [0.1, 0.15) is 0 Å². The van der Waals surface area contributed by atoms with Gasteiger partial charge in [0.1, 0.15) is 0 Å². The second kappa shape index (κ2) is 2.33. The molecule has 40 valence electrons. The molecule has 1 N–H and O–H groups in total. The van der Waals surface area contributed by atoms with Gasteiger partial charge in [0.15, 0.2) is 5.78 Å². The van der Waals surface area contributed by atoms with E-state index in [9.17, 15) is 4.79 Å². The smallest absolute Gasteiger partial charge is 0.156 e. The maximum absolute atomic E-state index is 10.4. The lowest BCUT2D eigenvalue weighted by atomic mass is 10.4. The fourth-order valence-corrected chi connectivity index (χ4v) is 1.16. The van der Waals surface area contributed by atoms with Crippen molar-refractivity contribution in [2.45, 2.75) is 0 Å². The van der Waals surface area contributed by atoms with Crippen molar-refractivity contribution in [3.05, 3.63) is 0 Å². The number of ketones is 1. The van der Waals surface area contributed by atoms with Crippen molar-refractivity contribution in [3.63, 3.8) is 0 Å². The first-order valence-corrected chi connectivity index (χ1v) is 3.35. The second-order valence-corrected chi connectivity index (χ2v) is 2.44. The van der Waals surface area contributed by atoms with Crippen LogP contribution in [-0.4, -0.2) is 24.0 Å². The summed E-state index contributed by atoms with van der Waals surface area (Å²) in [5.74, 6) is 1.95. The molecule has 1 rings (SSSR count). The van der Waals surface area contributed by atoms with E-state index >= 15 is 0 Å². The summed E-state index contributed by atoms with van der Waals surface area (Å²) in [6, 6.07) is 0. The zero-order valence-corrected chi connectivity index (χ0v) is 4.75. The van der Waals surface area contributed by atoms with E-state index in [2.05, 4.69) is 5.32 Å². The first-order chi connectivity index (χ1) is 3.39. The van der Waals surface area contributed by atoms with Gasteiger partial charge in [-0.25, -0.2) is 0 Å². The fraction of sp³-hybridized carbons (Fsp3) is 0.750. The Hall–Kier alpha value is -0.0200. The number of rotatable bonds is 0. The van der Waals surface area contributed by atoms with Crippen LogP contribution in [0.4, 0.5) is 0 Å². The summed E-state index contributed by atoms with van der Waals surface area (Å²) in [7, 11) is 0. The zero-order valence-electron chi connectivity index (χ0n) is 3.94. The molecule has 1 fully saturated rings. The summed E-state index contributed by atoms with van der Waals surface area (Å²) in [6.07, 6.45) is 0. The number of hydrogen-bond donors (Lipinski definition) is 1. The largest absolute Gasteiger partial charge is 0.301 e. The van der Waals surface area contributed by atoms with Crippen LogP contribution in [0, 0.1) is 0 Å². The highest BCUT2D eigenvalue weighted by atomic mass is 32.2. The molecule has 0 amide bonds. The molecule has 0 unspecified atom stereocenters. The average Bonchev–Trinajstić information content (AvgIpc) is 1.69. The van der Waals surface area contributed by atoms with Crippen molar-refractivity contribution < 1.29 is 4.79 Å². The Labute approximate surface area is 46.7 Å². The van der Waals surface area contributed by atoms with Gasteiger partial charge in [-0.15, -0.1) is 11.8 Å². The summed E-state index contributed by atoms with van der Waals surface area (Å²) in [6.45, 7) is 0.576. The van der Waals surface area contributed by atoms with Crippen LogP contribution >= 0.6 is 11.8 Å². The molecule has 0 atom stereocenters. The first-order valence-electron chi connectivity index (χ1n) is 2.20. The van der Waals surface area contributed by atoms with Crippen LogP contribution in [0.3, 0.4) is 0 Å². The second-order valence-electron chi connectivity index (χ2n) is 1.46. The number of hydrogen-bond acceptors (Lipinski definition) is 3. The molecule has 0 aliphatic carbocycles. The summed E-state index contributed by atoms with van der Waals surface area (Å²) >= 11 is 1.64. The highest BCUT2D eigenvalue weighted by molar-refractivity contribution is 8.00. The van der Waals surface area contributed by atoms with Gasteiger partial charge in [-0.3, -0.25) is 4.79 Å². The van der Waals surface area contributed by atoms with Crippen molar-refractivity contribution in [1.29, 1.82) is 0 Å². The van der Waals surface area contributed by atoms with Gasteiger partial charge in [0.2, 0.25) is 0 Å². The van der Waals surface area contributed by atoms with E-state index in [4.69, 9.17) is 0 Å². The van der Waals surface area contributed by atoms with E-state index in [1.165, 1.54) is 0 Å². The predicted molar refractivity (Wildman–Crippen MR) is 30.3 cm³/mol. The van der Waals surface area contributed by atoms with Crippen molar-refractivity contribution >= 4 is 17.5 Å². The number of carbonyl (C=O) groups is 1. The standard InChI is InChI=1S/C4H7NOS/c6-4-1-5-3-7-2-4/h5H,1-3H2. The van der Waals surface area contributed by atoms with Gasteiger partial charge in [0.25, 0.3) is 0 Å². The normalized spacial score (nSPS) is 22.6. The van der Waals surface area contributed by atoms with E-state index in [-0.39, 0.29) is 0 Å². The number of Topliss-reactive ketones (excluding diaryl/α,β-unsaturated/α-hetero) is 1. The van der Waals surface area contributed by atoms with E-state index in [0.717, 1.165) is 5.88 Å². The van der Waals surface area contributed by atoms with Crippen molar-refractivity contribution in [2.24, 2.45) is 0 Å². The Morgan fingerprint density at radius 3 is 2.86 bits per heavy atom. The molecule has 0 saturated carbocycles. The summed E-state index contributed by atoms with van der Waals surface area (Å²) in [5.41, 5.74) is 0. The van der Waals surface area contributed by atoms with Gasteiger partial charge in [-0.1, -0.05) is 0 Å². The molecule has 0 spiro atoms. The van der Waals surface area contributed by atoms with Crippen molar-refractivity contribution in [3.8, 4) is 0 Å². The lowest BCUT2D eigenvalue weighted by Gasteiger charge is -2.07. The summed E-state index contributed by atoms with van der Waals surface area (Å²) in [4.78, 5) is 10.4. The molecular weight excluding hydrogens is 110 g/mol. The maximum Gasteiger partial charge on any atom is 0.156 e. The minimum absolute atomic E-state index is 0.316. The summed E-state index contributed by atoms with van der Waals surface area (Å²) in [5, 5.41) is 2.95. The van der Waals surface area contributed by atoms with Crippen LogP contribution in [-0.2, 0) is 4.79 Å². The Kier molecular flexibility index (Phi) is 1.70. The SMILES string of the molecule is O=C1CNCSC1. The topological polar surface area (TPSA) is 29.1 Å². The van der Waals surface area contributed by atoms with Crippen LogP contribution in [0.25, 0.3) is 0 Å². The molecule has 0 aromatic carbocycles. The highest BCUT2D eigenvalue weighted by Crippen LogP contribution is 2.00. The Bertz CT molecular complexity index is 75.8. The molecule has 0 aromatic rings. The van der Waals surface area contributed by atoms with Gasteiger partial charge in [-0.2, -0.15) is 0 Å². The minimum atomic E-state index is 0.316. The molecule has 0 aromatic heterocycles. The lowest BCUT2D eigenvalue weighted by molar-refractivity contribution is -0.115. The lowest BCUT2D eigenvalue weighted by Crippen LogP contribution is -2.29. The van der Waals surface area contributed by atoms with E-state index in [1.807, 2.05) is 0 Å². The van der Waals surface area contributed by atoms with Gasteiger partial charge in [0.05, 0.1) is 12.3 Å². The highest BCUT2D eigenvalue weighted by Gasteiger charge is 2.05. The molecule has 7 heavy (non-hydrogen) atoms. The molecule has 1 aliphatic rings. The van der Waals surface area contributed by atoms with Gasteiger partial charge in [0, 0.05) is 5.88 Å². The van der Waals surface area contributed by atoms with Crippen molar-refractivity contribution in [1.82, 2.24) is 5.32 Å². The molecule has 3 heteroatoms. The van der Waals surface area contributed by atoms with E-state index in [1.54, 1.807) is 11.8 Å². The zero-order chi connectivity index (χ0) is 5.11. The molecular formula is C4H7NOS. The van der Waals surface area contributed by atoms with E-state index in [0.29, 0.717) is 18.1 Å². The van der Waals surface area contributed by atoms with E-state index < -0.39 is 0 Å². The third-order valence-electron chi connectivity index (χ3n) is 0.789. The molecule has 1 saturated heterocycles. The van der Waals surface area contributed by atoms with Gasteiger partial charge < -0.3 is 5.32 Å². The van der Waals surface area contributed by atoms with Crippen LogP contribution < -0.4 is 5.32 Å². The van der Waals surface area contributed by atoms with Gasteiger partial charge >= 0.3 is 0 Å². The Balaban J connectivity index is 2.25. The maximum atomic E-state index is 10.4. The number of carbonyl (C=O) groups excluding carboxylic acids is 1. The molecule has 0 bridgehead atoms.